The van der Waals surface area contributed by atoms with Crippen LogP contribution >= 0.6 is 11.3 Å². The summed E-state index contributed by atoms with van der Waals surface area (Å²) < 4.78 is 5.11. The molecule has 0 spiro atoms. The van der Waals surface area contributed by atoms with Crippen LogP contribution in [0.3, 0.4) is 0 Å². The highest BCUT2D eigenvalue weighted by Gasteiger charge is 2.46. The highest BCUT2D eigenvalue weighted by Crippen LogP contribution is 2.33. The van der Waals surface area contributed by atoms with E-state index in [9.17, 15) is 9.59 Å². The van der Waals surface area contributed by atoms with E-state index in [4.69, 9.17) is 4.74 Å². The van der Waals surface area contributed by atoms with Crippen LogP contribution in [0, 0.1) is 12.8 Å². The molecule has 1 aliphatic heterocycles. The predicted molar refractivity (Wildman–Crippen MR) is 63.8 cm³/mol. The van der Waals surface area contributed by atoms with Gasteiger partial charge in [-0.1, -0.05) is 0 Å². The van der Waals surface area contributed by atoms with Gasteiger partial charge in [-0.3, -0.25) is 9.59 Å². The molecular weight excluding hydrogens is 240 g/mol. The number of nitrogens with zero attached hydrogens (tertiary/aromatic N) is 1. The van der Waals surface area contributed by atoms with Crippen LogP contribution in [0.4, 0.5) is 5.13 Å². The van der Waals surface area contributed by atoms with Crippen molar-refractivity contribution in [2.45, 2.75) is 32.8 Å². The van der Waals surface area contributed by atoms with Gasteiger partial charge in [-0.25, -0.2) is 4.98 Å². The van der Waals surface area contributed by atoms with Crippen LogP contribution in [0.15, 0.2) is 5.38 Å². The number of anilines is 1. The number of carbonyl (C=O) groups is 2. The fourth-order valence-electron chi connectivity index (χ4n) is 1.83. The molecule has 5 nitrogen and oxygen atoms in total. The number of carbonyl (C=O) groups excluding carboxylic acids is 2. The summed E-state index contributed by atoms with van der Waals surface area (Å²) in [6.45, 7) is 5.35. The Morgan fingerprint density at radius 3 is 2.82 bits per heavy atom. The number of thiazole rings is 1. The van der Waals surface area contributed by atoms with Crippen molar-refractivity contribution in [1.29, 1.82) is 0 Å². The van der Waals surface area contributed by atoms with E-state index in [0.29, 0.717) is 5.13 Å². The number of esters is 1. The smallest absolute Gasteiger partial charge is 0.307 e. The number of hydrogen-bond donors (Lipinski definition) is 1. The van der Waals surface area contributed by atoms with Crippen LogP contribution in [0.5, 0.6) is 0 Å². The molecule has 0 unspecified atom stereocenters. The largest absolute Gasteiger partial charge is 0.459 e. The minimum atomic E-state index is -0.743. The van der Waals surface area contributed by atoms with Crippen molar-refractivity contribution in [2.24, 2.45) is 5.92 Å². The van der Waals surface area contributed by atoms with Crippen molar-refractivity contribution in [3.05, 3.63) is 11.1 Å². The van der Waals surface area contributed by atoms with Crippen LogP contribution in [0.2, 0.25) is 0 Å². The van der Waals surface area contributed by atoms with Gasteiger partial charge in [0, 0.05) is 5.38 Å². The van der Waals surface area contributed by atoms with Gasteiger partial charge < -0.3 is 10.1 Å². The molecule has 1 aromatic rings. The topological polar surface area (TPSA) is 68.3 Å². The first-order valence-electron chi connectivity index (χ1n) is 5.33. The van der Waals surface area contributed by atoms with Gasteiger partial charge >= 0.3 is 5.97 Å². The Bertz CT molecular complexity index is 467. The third-order valence-electron chi connectivity index (χ3n) is 2.75. The lowest BCUT2D eigenvalue weighted by Crippen LogP contribution is -2.36. The Balaban J connectivity index is 2.08. The Labute approximate surface area is 103 Å². The Morgan fingerprint density at radius 2 is 2.35 bits per heavy atom. The first-order valence-corrected chi connectivity index (χ1v) is 6.21. The standard InChI is InChI=1S/C11H14N2O3S/c1-6-5-17-10(12-6)13-9(15)7-4-8(14)16-11(7,2)3/h5,7H,4H2,1-3H3,(H,12,13,15)/t7-/m0/s1. The molecule has 1 atom stereocenters. The fourth-order valence-corrected chi connectivity index (χ4v) is 2.52. The maximum atomic E-state index is 12.0. The molecule has 0 saturated carbocycles. The van der Waals surface area contributed by atoms with Crippen molar-refractivity contribution >= 4 is 28.3 Å². The van der Waals surface area contributed by atoms with E-state index >= 15 is 0 Å². The average molecular weight is 254 g/mol. The minimum Gasteiger partial charge on any atom is -0.459 e. The second kappa shape index (κ2) is 4.10. The summed E-state index contributed by atoms with van der Waals surface area (Å²) in [7, 11) is 0. The van der Waals surface area contributed by atoms with Crippen LogP contribution in [-0.2, 0) is 14.3 Å². The number of nitrogens with one attached hydrogen (secondary N) is 1. The van der Waals surface area contributed by atoms with Crippen molar-refractivity contribution in [3.63, 3.8) is 0 Å². The number of aryl methyl sites for hydroxylation is 1. The van der Waals surface area contributed by atoms with E-state index in [-0.39, 0.29) is 18.3 Å². The Hall–Kier alpha value is -1.43. The van der Waals surface area contributed by atoms with Crippen molar-refractivity contribution in [2.75, 3.05) is 5.32 Å². The van der Waals surface area contributed by atoms with Crippen LogP contribution in [0.1, 0.15) is 26.0 Å². The van der Waals surface area contributed by atoms with Crippen LogP contribution < -0.4 is 5.32 Å². The summed E-state index contributed by atoms with van der Waals surface area (Å²) in [6.07, 6.45) is 0.128. The Kier molecular flexibility index (Phi) is 2.91. The molecule has 6 heteroatoms. The zero-order valence-electron chi connectivity index (χ0n) is 9.94. The number of rotatable bonds is 2. The van der Waals surface area contributed by atoms with Gasteiger partial charge in [-0.15, -0.1) is 11.3 Å². The zero-order chi connectivity index (χ0) is 12.6. The lowest BCUT2D eigenvalue weighted by Gasteiger charge is -2.23. The minimum absolute atomic E-state index is 0.128. The predicted octanol–water partition coefficient (Wildman–Crippen LogP) is 1.73. The van der Waals surface area contributed by atoms with E-state index in [2.05, 4.69) is 10.3 Å². The van der Waals surface area contributed by atoms with Crippen LogP contribution in [-0.4, -0.2) is 22.5 Å². The van der Waals surface area contributed by atoms with E-state index in [0.717, 1.165) is 5.69 Å². The second-order valence-corrected chi connectivity index (χ2v) is 5.48. The molecule has 1 N–H and O–H groups in total. The highest BCUT2D eigenvalue weighted by molar-refractivity contribution is 7.13. The molecule has 0 radical (unpaired) electrons. The quantitative estimate of drug-likeness (QED) is 0.816. The average Bonchev–Trinajstić information content (AvgIpc) is 2.69. The first kappa shape index (κ1) is 12.0. The van der Waals surface area contributed by atoms with Gasteiger partial charge in [-0.2, -0.15) is 0 Å². The summed E-state index contributed by atoms with van der Waals surface area (Å²) in [5.74, 6) is -1.00. The number of aromatic nitrogens is 1. The number of ether oxygens (including phenoxy) is 1. The van der Waals surface area contributed by atoms with Gasteiger partial charge in [0.1, 0.15) is 5.60 Å². The molecule has 0 aromatic carbocycles. The van der Waals surface area contributed by atoms with Crippen LogP contribution in [0.25, 0.3) is 0 Å². The second-order valence-electron chi connectivity index (χ2n) is 4.62. The van der Waals surface area contributed by atoms with Gasteiger partial charge in [0.25, 0.3) is 0 Å². The van der Waals surface area contributed by atoms with Crippen molar-refractivity contribution in [1.82, 2.24) is 4.98 Å². The normalized spacial score (nSPS) is 22.3. The zero-order valence-corrected chi connectivity index (χ0v) is 10.8. The number of cyclic esters (lactones) is 1. The van der Waals surface area contributed by atoms with Crippen molar-refractivity contribution in [3.8, 4) is 0 Å². The highest BCUT2D eigenvalue weighted by atomic mass is 32.1. The summed E-state index contributed by atoms with van der Waals surface area (Å²) in [5, 5.41) is 5.13. The maximum absolute atomic E-state index is 12.0. The van der Waals surface area contributed by atoms with E-state index in [1.54, 1.807) is 13.8 Å². The molecule has 92 valence electrons. The fraction of sp³-hybridized carbons (Fsp3) is 0.545. The molecule has 2 heterocycles. The molecule has 1 aliphatic rings. The molecule has 1 fully saturated rings. The Morgan fingerprint density at radius 1 is 1.65 bits per heavy atom. The van der Waals surface area contributed by atoms with E-state index in [1.807, 2.05) is 12.3 Å². The molecule has 0 bridgehead atoms. The lowest BCUT2D eigenvalue weighted by molar-refractivity contribution is -0.147. The SMILES string of the molecule is Cc1csc(NC(=O)[C@@H]2CC(=O)OC2(C)C)n1. The van der Waals surface area contributed by atoms with Gasteiger partial charge in [0.05, 0.1) is 18.0 Å². The third-order valence-corrected chi connectivity index (χ3v) is 3.63. The molecule has 1 saturated heterocycles. The van der Waals surface area contributed by atoms with E-state index < -0.39 is 11.5 Å². The van der Waals surface area contributed by atoms with Gasteiger partial charge in [-0.05, 0) is 20.8 Å². The molecule has 1 amide bonds. The molecule has 2 rings (SSSR count). The number of amides is 1. The molecule has 17 heavy (non-hydrogen) atoms. The molecule has 0 aliphatic carbocycles. The molecular formula is C11H14N2O3S. The third kappa shape index (κ3) is 2.46. The molecule has 1 aromatic heterocycles. The lowest BCUT2D eigenvalue weighted by atomic mass is 9.90. The van der Waals surface area contributed by atoms with Gasteiger partial charge in [0.15, 0.2) is 5.13 Å². The summed E-state index contributed by atoms with van der Waals surface area (Å²) in [6, 6.07) is 0. The van der Waals surface area contributed by atoms with E-state index in [1.165, 1.54) is 11.3 Å². The summed E-state index contributed by atoms with van der Waals surface area (Å²) in [5.41, 5.74) is 0.122. The summed E-state index contributed by atoms with van der Waals surface area (Å²) >= 11 is 1.37. The first-order chi connectivity index (χ1) is 7.88. The van der Waals surface area contributed by atoms with Crippen molar-refractivity contribution < 1.29 is 14.3 Å². The maximum Gasteiger partial charge on any atom is 0.307 e. The summed E-state index contributed by atoms with van der Waals surface area (Å²) in [4.78, 5) is 27.4. The number of hydrogen-bond acceptors (Lipinski definition) is 5. The van der Waals surface area contributed by atoms with Gasteiger partial charge in [0.2, 0.25) is 5.91 Å². The monoisotopic (exact) mass is 254 g/mol.